The summed E-state index contributed by atoms with van der Waals surface area (Å²) in [6.45, 7) is 1.62. The number of anilines is 1. The second-order valence-electron chi connectivity index (χ2n) is 5.70. The molecular formula is C18H17N3O3. The SMILES string of the molecule is CC(O)(CC(=O)Nc1cccc(-c2ncon2)c1)c1ccccc1. The van der Waals surface area contributed by atoms with Crippen molar-refractivity contribution in [2.75, 3.05) is 5.32 Å². The Hall–Kier alpha value is -2.99. The lowest BCUT2D eigenvalue weighted by Crippen LogP contribution is -2.28. The predicted molar refractivity (Wildman–Crippen MR) is 89.0 cm³/mol. The van der Waals surface area contributed by atoms with Crippen LogP contribution < -0.4 is 5.32 Å². The summed E-state index contributed by atoms with van der Waals surface area (Å²) in [5.74, 6) is 0.163. The van der Waals surface area contributed by atoms with Crippen molar-refractivity contribution in [1.82, 2.24) is 10.1 Å². The number of rotatable bonds is 5. The second kappa shape index (κ2) is 6.64. The van der Waals surface area contributed by atoms with Gasteiger partial charge >= 0.3 is 0 Å². The number of hydrogen-bond acceptors (Lipinski definition) is 5. The van der Waals surface area contributed by atoms with Crippen molar-refractivity contribution < 1.29 is 14.4 Å². The highest BCUT2D eigenvalue weighted by molar-refractivity contribution is 5.92. The van der Waals surface area contributed by atoms with Gasteiger partial charge in [0, 0.05) is 11.3 Å². The van der Waals surface area contributed by atoms with Crippen LogP contribution in [0.2, 0.25) is 0 Å². The number of hydrogen-bond donors (Lipinski definition) is 2. The maximum absolute atomic E-state index is 12.3. The average Bonchev–Trinajstić information content (AvgIpc) is 3.10. The summed E-state index contributed by atoms with van der Waals surface area (Å²) in [7, 11) is 0. The molecule has 2 N–H and O–H groups in total. The van der Waals surface area contributed by atoms with Gasteiger partial charge in [0.2, 0.25) is 18.1 Å². The lowest BCUT2D eigenvalue weighted by atomic mass is 9.92. The maximum atomic E-state index is 12.3. The molecule has 6 nitrogen and oxygen atoms in total. The van der Waals surface area contributed by atoms with Gasteiger partial charge in [-0.15, -0.1) is 0 Å². The first-order chi connectivity index (χ1) is 11.5. The molecule has 6 heteroatoms. The maximum Gasteiger partial charge on any atom is 0.227 e. The van der Waals surface area contributed by atoms with E-state index in [2.05, 4.69) is 15.5 Å². The van der Waals surface area contributed by atoms with E-state index in [4.69, 9.17) is 4.52 Å². The van der Waals surface area contributed by atoms with Crippen LogP contribution in [0, 0.1) is 0 Å². The Morgan fingerprint density at radius 1 is 1.21 bits per heavy atom. The van der Waals surface area contributed by atoms with Gasteiger partial charge in [-0.25, -0.2) is 0 Å². The number of amides is 1. The van der Waals surface area contributed by atoms with E-state index >= 15 is 0 Å². The van der Waals surface area contributed by atoms with Crippen molar-refractivity contribution in [2.24, 2.45) is 0 Å². The van der Waals surface area contributed by atoms with Crippen molar-refractivity contribution in [3.05, 3.63) is 66.6 Å². The Morgan fingerprint density at radius 2 is 2.00 bits per heavy atom. The van der Waals surface area contributed by atoms with E-state index in [1.54, 1.807) is 37.3 Å². The standard InChI is InChI=1S/C18H17N3O3/c1-18(23,14-7-3-2-4-8-14)11-16(22)20-15-9-5-6-13(10-15)17-19-12-24-21-17/h2-10,12,23H,11H2,1H3,(H,20,22). The Kier molecular flexibility index (Phi) is 4.39. The quantitative estimate of drug-likeness (QED) is 0.753. The number of nitrogens with zero attached hydrogens (tertiary/aromatic N) is 2. The third kappa shape index (κ3) is 3.67. The Balaban J connectivity index is 1.70. The summed E-state index contributed by atoms with van der Waals surface area (Å²) in [4.78, 5) is 16.3. The molecule has 1 unspecified atom stereocenters. The number of aromatic nitrogens is 2. The zero-order chi connectivity index (χ0) is 17.0. The average molecular weight is 323 g/mol. The third-order valence-corrected chi connectivity index (χ3v) is 3.67. The molecule has 3 aromatic rings. The molecule has 1 atom stereocenters. The smallest absolute Gasteiger partial charge is 0.227 e. The molecule has 24 heavy (non-hydrogen) atoms. The summed E-state index contributed by atoms with van der Waals surface area (Å²) in [5.41, 5.74) is 0.791. The first-order valence-electron chi connectivity index (χ1n) is 7.49. The van der Waals surface area contributed by atoms with Crippen LogP contribution in [0.3, 0.4) is 0 Å². The van der Waals surface area contributed by atoms with E-state index in [9.17, 15) is 9.90 Å². The van der Waals surface area contributed by atoms with Gasteiger partial charge < -0.3 is 14.9 Å². The number of carbonyl (C=O) groups excluding carboxylic acids is 1. The van der Waals surface area contributed by atoms with Gasteiger partial charge in [-0.2, -0.15) is 4.98 Å². The van der Waals surface area contributed by atoms with E-state index in [0.717, 1.165) is 5.56 Å². The summed E-state index contributed by atoms with van der Waals surface area (Å²) < 4.78 is 4.72. The Bertz CT molecular complexity index is 815. The highest BCUT2D eigenvalue weighted by atomic mass is 16.5. The normalized spacial score (nSPS) is 13.2. The van der Waals surface area contributed by atoms with E-state index in [0.29, 0.717) is 17.1 Å². The molecule has 0 aliphatic rings. The molecule has 0 saturated heterocycles. The number of benzene rings is 2. The molecule has 0 bridgehead atoms. The summed E-state index contributed by atoms with van der Waals surface area (Å²) >= 11 is 0. The lowest BCUT2D eigenvalue weighted by Gasteiger charge is -2.23. The van der Waals surface area contributed by atoms with E-state index in [1.807, 2.05) is 24.3 Å². The fraction of sp³-hybridized carbons (Fsp3) is 0.167. The van der Waals surface area contributed by atoms with Gasteiger partial charge in [0.1, 0.15) is 0 Å². The van der Waals surface area contributed by atoms with Crippen LogP contribution in [0.1, 0.15) is 18.9 Å². The van der Waals surface area contributed by atoms with Gasteiger partial charge in [0.15, 0.2) is 0 Å². The van der Waals surface area contributed by atoms with Gasteiger partial charge in [-0.3, -0.25) is 4.79 Å². The molecule has 0 aliphatic heterocycles. The Labute approximate surface area is 139 Å². The molecule has 0 fully saturated rings. The monoisotopic (exact) mass is 323 g/mol. The van der Waals surface area contributed by atoms with Crippen LogP contribution >= 0.6 is 0 Å². The number of carbonyl (C=O) groups is 1. The summed E-state index contributed by atoms with van der Waals surface area (Å²) in [5, 5.41) is 17.1. The minimum absolute atomic E-state index is 0.0521. The second-order valence-corrected chi connectivity index (χ2v) is 5.70. The van der Waals surface area contributed by atoms with Crippen molar-refractivity contribution in [2.45, 2.75) is 18.9 Å². The molecule has 1 aromatic heterocycles. The van der Waals surface area contributed by atoms with Crippen LogP contribution in [0.5, 0.6) is 0 Å². The van der Waals surface area contributed by atoms with Crippen molar-refractivity contribution in [3.8, 4) is 11.4 Å². The van der Waals surface area contributed by atoms with Crippen LogP contribution in [0.4, 0.5) is 5.69 Å². The van der Waals surface area contributed by atoms with Crippen LogP contribution in [-0.2, 0) is 10.4 Å². The lowest BCUT2D eigenvalue weighted by molar-refractivity contribution is -0.120. The first-order valence-corrected chi connectivity index (χ1v) is 7.49. The number of nitrogens with one attached hydrogen (secondary N) is 1. The molecule has 0 saturated carbocycles. The molecule has 3 rings (SSSR count). The van der Waals surface area contributed by atoms with Crippen LogP contribution in [0.25, 0.3) is 11.4 Å². The van der Waals surface area contributed by atoms with E-state index in [1.165, 1.54) is 6.39 Å². The number of aliphatic hydroxyl groups is 1. The first kappa shape index (κ1) is 15.9. The fourth-order valence-corrected chi connectivity index (χ4v) is 2.45. The van der Waals surface area contributed by atoms with Crippen molar-refractivity contribution in [1.29, 1.82) is 0 Å². The van der Waals surface area contributed by atoms with Crippen molar-refractivity contribution >= 4 is 11.6 Å². The minimum Gasteiger partial charge on any atom is -0.385 e. The zero-order valence-electron chi connectivity index (χ0n) is 13.1. The molecule has 0 radical (unpaired) electrons. The molecule has 2 aromatic carbocycles. The van der Waals surface area contributed by atoms with Gasteiger partial charge in [0.25, 0.3) is 0 Å². The molecule has 1 heterocycles. The molecular weight excluding hydrogens is 306 g/mol. The zero-order valence-corrected chi connectivity index (χ0v) is 13.1. The fourth-order valence-electron chi connectivity index (χ4n) is 2.45. The van der Waals surface area contributed by atoms with Crippen molar-refractivity contribution in [3.63, 3.8) is 0 Å². The van der Waals surface area contributed by atoms with Gasteiger partial charge in [-0.1, -0.05) is 47.6 Å². The highest BCUT2D eigenvalue weighted by Crippen LogP contribution is 2.25. The summed E-state index contributed by atoms with van der Waals surface area (Å²) in [6, 6.07) is 16.2. The van der Waals surface area contributed by atoms with Crippen LogP contribution in [0.15, 0.2) is 65.5 Å². The topological polar surface area (TPSA) is 88.2 Å². The van der Waals surface area contributed by atoms with Gasteiger partial charge in [0.05, 0.1) is 12.0 Å². The van der Waals surface area contributed by atoms with Gasteiger partial charge in [-0.05, 0) is 24.6 Å². The Morgan fingerprint density at radius 3 is 2.71 bits per heavy atom. The van der Waals surface area contributed by atoms with E-state index in [-0.39, 0.29) is 12.3 Å². The molecule has 0 spiro atoms. The predicted octanol–water partition coefficient (Wildman–Crippen LogP) is 2.97. The van der Waals surface area contributed by atoms with Crippen LogP contribution in [-0.4, -0.2) is 21.2 Å². The summed E-state index contributed by atoms with van der Waals surface area (Å²) in [6.07, 6.45) is 1.20. The highest BCUT2D eigenvalue weighted by Gasteiger charge is 2.26. The largest absolute Gasteiger partial charge is 0.385 e. The molecule has 1 amide bonds. The molecule has 122 valence electrons. The molecule has 0 aliphatic carbocycles. The van der Waals surface area contributed by atoms with E-state index < -0.39 is 5.60 Å². The third-order valence-electron chi connectivity index (χ3n) is 3.67. The minimum atomic E-state index is -1.24.